The fraction of sp³-hybridized carbons (Fsp3) is 0.714. The zero-order valence-electron chi connectivity index (χ0n) is 44.9. The second kappa shape index (κ2) is 14.4. The standard InChI is InChI=1S/C35H43NO4.C28H39NO4/c1-31(2,3)32(4)25-19-33-14-15-35(25,40-29(39-32)22-8-6-5-7-9-22)30-34(33)16-17-36(20-21-10-11-21)26(33)18-23-12-13-24(37)28(38-30)27(23)34;1-24(2,3)25(4,31)19-14-26-9-10-28(19,32)23-27(26)11-12-29(15-16-5-6-16)20(26)13-17-7-8-18(30)22(33-23)21(17)27/h5-9,12-13,21,25-26,29-30,37H,10-11,14-20H2,1-4H3;7-8,16,19-20,23,30-32H,5-6,9-15H2,1-4H3/t25-,26-,29?,30-,32+,33-,34+,35-;19-,20-,23-,25+,26-,27+,28-/m11/s1. The maximum Gasteiger partial charge on any atom is 0.185 e. The highest BCUT2D eigenvalue weighted by atomic mass is 16.7. The van der Waals surface area contributed by atoms with Gasteiger partial charge < -0.3 is 39.4 Å². The molecule has 3 saturated heterocycles. The predicted molar refractivity (Wildman–Crippen MR) is 278 cm³/mol. The van der Waals surface area contributed by atoms with Crippen molar-refractivity contribution in [2.45, 2.75) is 209 Å². The van der Waals surface area contributed by atoms with Crippen LogP contribution in [0.3, 0.4) is 0 Å². The molecular weight excluding hydrogens is 913 g/mol. The number of aromatic hydroxyl groups is 2. The highest BCUT2D eigenvalue weighted by Crippen LogP contribution is 2.81. The third kappa shape index (κ3) is 5.53. The van der Waals surface area contributed by atoms with Crippen LogP contribution in [0.4, 0.5) is 0 Å². The third-order valence-electron chi connectivity index (χ3n) is 24.7. The number of piperidine rings is 2. The van der Waals surface area contributed by atoms with Crippen LogP contribution in [0.15, 0.2) is 54.6 Å². The molecule has 0 aromatic heterocycles. The van der Waals surface area contributed by atoms with Gasteiger partial charge in [0.2, 0.25) is 0 Å². The van der Waals surface area contributed by atoms with Gasteiger partial charge >= 0.3 is 0 Å². The lowest BCUT2D eigenvalue weighted by atomic mass is 9.33. The van der Waals surface area contributed by atoms with Gasteiger partial charge in [-0.1, -0.05) is 84.0 Å². The van der Waals surface area contributed by atoms with Gasteiger partial charge in [-0.15, -0.1) is 0 Å². The number of rotatable bonds is 6. The van der Waals surface area contributed by atoms with Crippen LogP contribution >= 0.6 is 0 Å². The number of ether oxygens (including phenoxy) is 4. The van der Waals surface area contributed by atoms with Crippen LogP contribution in [0.2, 0.25) is 0 Å². The van der Waals surface area contributed by atoms with E-state index in [0.717, 1.165) is 94.0 Å². The van der Waals surface area contributed by atoms with E-state index in [-0.39, 0.29) is 56.2 Å². The van der Waals surface area contributed by atoms with Gasteiger partial charge in [-0.2, -0.15) is 0 Å². The Morgan fingerprint density at radius 1 is 0.630 bits per heavy atom. The molecule has 0 radical (unpaired) electrons. The minimum atomic E-state index is -1.11. The third-order valence-corrected chi connectivity index (χ3v) is 24.7. The van der Waals surface area contributed by atoms with E-state index < -0.39 is 34.8 Å². The number of hydrogen-bond acceptors (Lipinski definition) is 10. The largest absolute Gasteiger partial charge is 0.504 e. The number of phenolic OH excluding ortho intramolecular Hbond substituents is 2. The van der Waals surface area contributed by atoms with Gasteiger partial charge in [0, 0.05) is 75.4 Å². The summed E-state index contributed by atoms with van der Waals surface area (Å²) in [5.74, 6) is 3.52. The summed E-state index contributed by atoms with van der Waals surface area (Å²) in [7, 11) is 0. The number of aliphatic hydroxyl groups is 2. The van der Waals surface area contributed by atoms with Crippen LogP contribution in [-0.2, 0) is 33.1 Å². The Kier molecular flexibility index (Phi) is 9.25. The Hall–Kier alpha value is -3.38. The van der Waals surface area contributed by atoms with Crippen molar-refractivity contribution < 1.29 is 39.4 Å². The van der Waals surface area contributed by atoms with Crippen LogP contribution < -0.4 is 9.47 Å². The van der Waals surface area contributed by atoms with E-state index in [2.05, 4.69) is 101 Å². The Morgan fingerprint density at radius 2 is 1.16 bits per heavy atom. The highest BCUT2D eigenvalue weighted by Gasteiger charge is 2.85. The Morgan fingerprint density at radius 3 is 1.71 bits per heavy atom. The molecule has 15 atom stereocenters. The maximum atomic E-state index is 12.5. The molecule has 8 saturated carbocycles. The first-order chi connectivity index (χ1) is 34.6. The number of phenols is 2. The minimum absolute atomic E-state index is 0.0404. The summed E-state index contributed by atoms with van der Waals surface area (Å²) in [6, 6.07) is 19.4. The molecule has 392 valence electrons. The van der Waals surface area contributed by atoms with E-state index in [1.807, 2.05) is 13.0 Å². The molecule has 0 amide bonds. The zero-order valence-corrected chi connectivity index (χ0v) is 44.9. The van der Waals surface area contributed by atoms with Crippen LogP contribution in [0, 0.1) is 45.3 Å². The van der Waals surface area contributed by atoms with E-state index in [4.69, 9.17) is 18.9 Å². The van der Waals surface area contributed by atoms with Crippen LogP contribution in [0.25, 0.3) is 0 Å². The van der Waals surface area contributed by atoms with E-state index in [0.29, 0.717) is 30.0 Å². The summed E-state index contributed by atoms with van der Waals surface area (Å²) in [5.41, 5.74) is 2.48. The molecule has 3 aromatic rings. The summed E-state index contributed by atoms with van der Waals surface area (Å²) < 4.78 is 28.4. The molecule has 5 aliphatic heterocycles. The number of nitrogens with zero attached hydrogens (tertiary/aromatic N) is 2. The van der Waals surface area contributed by atoms with Gasteiger partial charge in [0.05, 0.1) is 11.2 Å². The summed E-state index contributed by atoms with van der Waals surface area (Å²) in [6.07, 6.45) is 14.3. The Labute approximate surface area is 433 Å². The van der Waals surface area contributed by atoms with Gasteiger partial charge in [-0.05, 0) is 163 Å². The van der Waals surface area contributed by atoms with Crippen molar-refractivity contribution in [3.05, 3.63) is 82.4 Å². The smallest absolute Gasteiger partial charge is 0.185 e. The first-order valence-electron chi connectivity index (χ1n) is 29.0. The lowest BCUT2D eigenvalue weighted by molar-refractivity contribution is -0.423. The van der Waals surface area contributed by atoms with E-state index >= 15 is 0 Å². The lowest BCUT2D eigenvalue weighted by Crippen LogP contribution is -2.84. The number of fused-ring (bicyclic) bond motifs is 3. The van der Waals surface area contributed by atoms with Crippen molar-refractivity contribution in [2.75, 3.05) is 26.2 Å². The monoisotopic (exact) mass is 995 g/mol. The van der Waals surface area contributed by atoms with Gasteiger partial charge in [0.25, 0.3) is 0 Å². The van der Waals surface area contributed by atoms with Crippen molar-refractivity contribution in [1.29, 1.82) is 0 Å². The average molecular weight is 995 g/mol. The predicted octanol–water partition coefficient (Wildman–Crippen LogP) is 10.3. The molecule has 10 nitrogen and oxygen atoms in total. The first-order valence-corrected chi connectivity index (χ1v) is 29.0. The fourth-order valence-electron chi connectivity index (χ4n) is 20.1. The second-order valence-corrected chi connectivity index (χ2v) is 29.2. The molecular formula is C63H82N2O8. The Bertz CT molecular complexity index is 2810. The van der Waals surface area contributed by atoms with Crippen molar-refractivity contribution >= 4 is 0 Å². The van der Waals surface area contributed by atoms with Gasteiger partial charge in [-0.3, -0.25) is 9.80 Å². The van der Waals surface area contributed by atoms with Crippen LogP contribution in [0.5, 0.6) is 23.0 Å². The summed E-state index contributed by atoms with van der Waals surface area (Å²) in [6.45, 7) is 22.2. The summed E-state index contributed by atoms with van der Waals surface area (Å²) in [4.78, 5) is 5.66. The van der Waals surface area contributed by atoms with Crippen molar-refractivity contribution in [3.63, 3.8) is 0 Å². The number of benzene rings is 3. The van der Waals surface area contributed by atoms with Crippen LogP contribution in [-0.4, -0.2) is 103 Å². The quantitative estimate of drug-likeness (QED) is 0.190. The normalized spacial score (nSPS) is 44.7. The topological polar surface area (TPSA) is 124 Å². The molecule has 4 N–H and O–H groups in total. The van der Waals surface area contributed by atoms with Gasteiger partial charge in [0.1, 0.15) is 23.4 Å². The number of hydrogen-bond donors (Lipinski definition) is 4. The molecule has 10 aliphatic carbocycles. The molecule has 10 heteroatoms. The van der Waals surface area contributed by atoms with Crippen molar-refractivity contribution in [2.24, 2.45) is 45.3 Å². The lowest BCUT2D eigenvalue weighted by Gasteiger charge is -2.77. The van der Waals surface area contributed by atoms with Gasteiger partial charge in [0.15, 0.2) is 29.3 Å². The highest BCUT2D eigenvalue weighted by molar-refractivity contribution is 5.65. The molecule has 3 aromatic carbocycles. The van der Waals surface area contributed by atoms with E-state index in [9.17, 15) is 20.4 Å². The zero-order chi connectivity index (χ0) is 50.5. The van der Waals surface area contributed by atoms with E-state index in [1.165, 1.54) is 61.0 Å². The first kappa shape index (κ1) is 46.9. The van der Waals surface area contributed by atoms with Gasteiger partial charge in [-0.25, -0.2) is 0 Å². The summed E-state index contributed by atoms with van der Waals surface area (Å²) >= 11 is 0. The molecule has 15 aliphatic rings. The molecule has 11 fully saturated rings. The average Bonchev–Trinajstić information content (AvgIpc) is 4.34. The molecule has 5 heterocycles. The second-order valence-electron chi connectivity index (χ2n) is 29.2. The molecule has 5 spiro atoms. The molecule has 18 rings (SSSR count). The van der Waals surface area contributed by atoms with Crippen molar-refractivity contribution in [3.8, 4) is 23.0 Å². The molecule has 1 unspecified atom stereocenters. The summed E-state index contributed by atoms with van der Waals surface area (Å²) in [5, 5.41) is 46.6. The molecule has 73 heavy (non-hydrogen) atoms. The SMILES string of the molecule is CC(C)(C)[C@@](C)(O)[C@H]1C[C@@]23CC[C@]1(O)[C@@H]1Oc4c(O)ccc5c4[C@@]12CCN(CC1CC1)[C@@H]3C5.CC(C)(C)[C@@]1(C)OC(c2ccccc2)O[C@]23CC[C@@]4(C[C@@H]21)[C@H]1Cc2ccc(O)c5c2[C@@]4(CCN1CC1CC1)[C@H]3O5. The minimum Gasteiger partial charge on any atom is -0.504 e. The fourth-order valence-corrected chi connectivity index (χ4v) is 20.1. The maximum absolute atomic E-state index is 12.5. The molecule has 8 bridgehead atoms. The van der Waals surface area contributed by atoms with E-state index in [1.54, 1.807) is 6.07 Å². The number of likely N-dealkylation sites (tertiary alicyclic amines) is 2. The van der Waals surface area contributed by atoms with Crippen molar-refractivity contribution in [1.82, 2.24) is 9.80 Å². The Balaban J connectivity index is 0.000000132. The van der Waals surface area contributed by atoms with Crippen LogP contribution in [0.1, 0.15) is 167 Å².